The lowest BCUT2D eigenvalue weighted by Crippen LogP contribution is -1.90. The molecule has 2 rings (SSSR count). The van der Waals surface area contributed by atoms with Gasteiger partial charge in [-0.05, 0) is 19.1 Å². The maximum atomic E-state index is 11.1. The molecule has 0 unspecified atom stereocenters. The van der Waals surface area contributed by atoms with Gasteiger partial charge in [0.25, 0.3) is 0 Å². The Morgan fingerprint density at radius 2 is 2.31 bits per heavy atom. The minimum atomic E-state index is -0.0129. The van der Waals surface area contributed by atoms with Crippen LogP contribution in [0.4, 0.5) is 0 Å². The monoisotopic (exact) mass is 194 g/mol. The van der Waals surface area contributed by atoms with Crippen LogP contribution in [0.25, 0.3) is 11.0 Å². The van der Waals surface area contributed by atoms with Crippen molar-refractivity contribution >= 4 is 28.4 Å². The number of hydrogen-bond acceptors (Lipinski definition) is 2. The Labute approximate surface area is 79.7 Å². The summed E-state index contributed by atoms with van der Waals surface area (Å²) in [5, 5.41) is 0.398. The normalized spacial score (nSPS) is 10.6. The van der Waals surface area contributed by atoms with E-state index in [9.17, 15) is 4.79 Å². The van der Waals surface area contributed by atoms with E-state index in [1.54, 1.807) is 18.3 Å². The number of fused-ring (bicyclic) bond motifs is 1. The first-order valence-corrected chi connectivity index (χ1v) is 4.21. The van der Waals surface area contributed by atoms with E-state index in [2.05, 4.69) is 9.97 Å². The molecule has 0 radical (unpaired) electrons. The average Bonchev–Trinajstić information content (AvgIpc) is 2.46. The predicted octanol–water partition coefficient (Wildman–Crippen LogP) is 2.42. The van der Waals surface area contributed by atoms with E-state index >= 15 is 0 Å². The highest BCUT2D eigenvalue weighted by molar-refractivity contribution is 6.29. The molecule has 0 saturated heterocycles. The molecule has 0 amide bonds. The Morgan fingerprint density at radius 1 is 1.54 bits per heavy atom. The van der Waals surface area contributed by atoms with Gasteiger partial charge < -0.3 is 4.98 Å². The summed E-state index contributed by atoms with van der Waals surface area (Å²) >= 11 is 5.72. The molecule has 2 aromatic heterocycles. The second-order valence-electron chi connectivity index (χ2n) is 2.79. The number of halogens is 1. The zero-order valence-electron chi connectivity index (χ0n) is 6.97. The van der Waals surface area contributed by atoms with Crippen molar-refractivity contribution < 1.29 is 4.79 Å². The third kappa shape index (κ3) is 1.31. The van der Waals surface area contributed by atoms with Crippen LogP contribution < -0.4 is 0 Å². The molecule has 0 aromatic carbocycles. The largest absolute Gasteiger partial charge is 0.359 e. The van der Waals surface area contributed by atoms with Gasteiger partial charge >= 0.3 is 0 Å². The molecule has 66 valence electrons. The van der Waals surface area contributed by atoms with E-state index in [1.165, 1.54) is 6.92 Å². The summed E-state index contributed by atoms with van der Waals surface area (Å²) in [6, 6.07) is 3.49. The van der Waals surface area contributed by atoms with Gasteiger partial charge in [-0.15, -0.1) is 0 Å². The van der Waals surface area contributed by atoms with Crippen LogP contribution in [-0.2, 0) is 0 Å². The standard InChI is InChI=1S/C9H7ClN2O/c1-5(13)6-4-11-7-2-3-8(10)12-9(6)7/h2-4,11H,1H3. The second kappa shape index (κ2) is 2.85. The quantitative estimate of drug-likeness (QED) is 0.560. The SMILES string of the molecule is CC(=O)c1c[nH]c2ccc(Cl)nc12. The van der Waals surface area contributed by atoms with Crippen molar-refractivity contribution in [2.45, 2.75) is 6.92 Å². The smallest absolute Gasteiger partial charge is 0.163 e. The van der Waals surface area contributed by atoms with Gasteiger partial charge in [-0.25, -0.2) is 4.98 Å². The van der Waals surface area contributed by atoms with E-state index in [4.69, 9.17) is 11.6 Å². The van der Waals surface area contributed by atoms with Gasteiger partial charge in [-0.2, -0.15) is 0 Å². The van der Waals surface area contributed by atoms with E-state index in [0.717, 1.165) is 5.52 Å². The van der Waals surface area contributed by atoms with E-state index in [1.807, 2.05) is 0 Å². The van der Waals surface area contributed by atoms with Crippen molar-refractivity contribution in [3.8, 4) is 0 Å². The van der Waals surface area contributed by atoms with Crippen LogP contribution in [0, 0.1) is 0 Å². The first-order valence-electron chi connectivity index (χ1n) is 3.83. The number of nitrogens with one attached hydrogen (secondary N) is 1. The molecule has 4 heteroatoms. The summed E-state index contributed by atoms with van der Waals surface area (Å²) in [5.74, 6) is -0.0129. The Bertz CT molecular complexity index is 475. The lowest BCUT2D eigenvalue weighted by atomic mass is 10.2. The number of H-pyrrole nitrogens is 1. The predicted molar refractivity (Wildman–Crippen MR) is 51.1 cm³/mol. The number of ketones is 1. The van der Waals surface area contributed by atoms with Crippen molar-refractivity contribution in [2.75, 3.05) is 0 Å². The van der Waals surface area contributed by atoms with Gasteiger partial charge in [0.15, 0.2) is 5.78 Å². The van der Waals surface area contributed by atoms with Crippen molar-refractivity contribution in [3.63, 3.8) is 0 Å². The molecule has 3 nitrogen and oxygen atoms in total. The first kappa shape index (κ1) is 8.26. The second-order valence-corrected chi connectivity index (χ2v) is 3.18. The van der Waals surface area contributed by atoms with Gasteiger partial charge in [-0.3, -0.25) is 4.79 Å². The van der Waals surface area contributed by atoms with Crippen LogP contribution in [0.15, 0.2) is 18.3 Å². The molecule has 0 aliphatic rings. The van der Waals surface area contributed by atoms with Gasteiger partial charge in [0.1, 0.15) is 10.7 Å². The Hall–Kier alpha value is -1.35. The van der Waals surface area contributed by atoms with E-state index in [-0.39, 0.29) is 5.78 Å². The molecule has 2 aromatic rings. The maximum Gasteiger partial charge on any atom is 0.163 e. The number of aromatic amines is 1. The molecular weight excluding hydrogens is 188 g/mol. The Balaban J connectivity index is 2.79. The third-order valence-corrected chi connectivity index (χ3v) is 2.08. The van der Waals surface area contributed by atoms with E-state index < -0.39 is 0 Å². The van der Waals surface area contributed by atoms with Crippen LogP contribution in [-0.4, -0.2) is 15.8 Å². The van der Waals surface area contributed by atoms with Crippen molar-refractivity contribution in [2.24, 2.45) is 0 Å². The number of carbonyl (C=O) groups is 1. The first-order chi connectivity index (χ1) is 6.18. The molecule has 2 heterocycles. The fraction of sp³-hybridized carbons (Fsp3) is 0.111. The number of rotatable bonds is 1. The molecule has 0 aliphatic carbocycles. The summed E-state index contributed by atoms with van der Waals surface area (Å²) in [6.07, 6.45) is 1.65. The summed E-state index contributed by atoms with van der Waals surface area (Å²) in [5.41, 5.74) is 2.05. The van der Waals surface area contributed by atoms with Gasteiger partial charge in [0, 0.05) is 6.20 Å². The van der Waals surface area contributed by atoms with Gasteiger partial charge in [0.2, 0.25) is 0 Å². The minimum absolute atomic E-state index is 0.0129. The lowest BCUT2D eigenvalue weighted by molar-refractivity contribution is 0.101. The van der Waals surface area contributed by atoms with E-state index in [0.29, 0.717) is 16.2 Å². The van der Waals surface area contributed by atoms with Crippen molar-refractivity contribution in [1.29, 1.82) is 0 Å². The summed E-state index contributed by atoms with van der Waals surface area (Å²) < 4.78 is 0. The number of pyridine rings is 1. The summed E-state index contributed by atoms with van der Waals surface area (Å²) in [6.45, 7) is 1.51. The number of aromatic nitrogens is 2. The fourth-order valence-electron chi connectivity index (χ4n) is 1.24. The van der Waals surface area contributed by atoms with Crippen molar-refractivity contribution in [1.82, 2.24) is 9.97 Å². The zero-order chi connectivity index (χ0) is 9.42. The molecule has 0 spiro atoms. The maximum absolute atomic E-state index is 11.1. The molecule has 0 saturated carbocycles. The average molecular weight is 195 g/mol. The topological polar surface area (TPSA) is 45.8 Å². The molecule has 1 N–H and O–H groups in total. The Morgan fingerprint density at radius 3 is 3.00 bits per heavy atom. The van der Waals surface area contributed by atoms with Crippen molar-refractivity contribution in [3.05, 3.63) is 29.0 Å². The number of hydrogen-bond donors (Lipinski definition) is 1. The highest BCUT2D eigenvalue weighted by Crippen LogP contribution is 2.18. The fourth-order valence-corrected chi connectivity index (χ4v) is 1.39. The molecular formula is C9H7ClN2O. The Kier molecular flexibility index (Phi) is 1.81. The molecule has 0 aliphatic heterocycles. The third-order valence-electron chi connectivity index (χ3n) is 1.87. The summed E-state index contributed by atoms with van der Waals surface area (Å²) in [4.78, 5) is 18.2. The van der Waals surface area contributed by atoms with Gasteiger partial charge in [-0.1, -0.05) is 11.6 Å². The van der Waals surface area contributed by atoms with Gasteiger partial charge in [0.05, 0.1) is 11.1 Å². The minimum Gasteiger partial charge on any atom is -0.359 e. The van der Waals surface area contributed by atoms with Crippen LogP contribution in [0.3, 0.4) is 0 Å². The van der Waals surface area contributed by atoms with Crippen LogP contribution in [0.2, 0.25) is 5.15 Å². The van der Waals surface area contributed by atoms with Crippen LogP contribution in [0.5, 0.6) is 0 Å². The molecule has 0 atom stereocenters. The number of nitrogens with zero attached hydrogens (tertiary/aromatic N) is 1. The summed E-state index contributed by atoms with van der Waals surface area (Å²) in [7, 11) is 0. The van der Waals surface area contributed by atoms with Crippen LogP contribution in [0.1, 0.15) is 17.3 Å². The zero-order valence-corrected chi connectivity index (χ0v) is 7.72. The molecule has 0 bridgehead atoms. The molecule has 13 heavy (non-hydrogen) atoms. The molecule has 0 fully saturated rings. The lowest BCUT2D eigenvalue weighted by Gasteiger charge is -1.92. The highest BCUT2D eigenvalue weighted by Gasteiger charge is 2.08. The number of Topliss-reactive ketones (excluding diaryl/α,β-unsaturated/α-hetero) is 1. The number of carbonyl (C=O) groups excluding carboxylic acids is 1. The van der Waals surface area contributed by atoms with Crippen LogP contribution >= 0.6 is 11.6 Å². The highest BCUT2D eigenvalue weighted by atomic mass is 35.5.